The van der Waals surface area contributed by atoms with Gasteiger partial charge in [-0.15, -0.1) is 24.0 Å². The number of likely N-dealkylation sites (N-methyl/N-ethyl adjacent to an activating group) is 1. The lowest BCUT2D eigenvalue weighted by atomic mass is 10.1. The molecule has 0 radical (unpaired) electrons. The van der Waals surface area contributed by atoms with Crippen LogP contribution >= 0.6 is 24.0 Å². The van der Waals surface area contributed by atoms with Crippen LogP contribution in [0.2, 0.25) is 0 Å². The van der Waals surface area contributed by atoms with Gasteiger partial charge in [-0.1, -0.05) is 17.7 Å². The molecule has 8 heteroatoms. The fourth-order valence-electron chi connectivity index (χ4n) is 3.66. The number of nitrogens with one attached hydrogen (secondary N) is 2. The molecule has 1 aromatic heterocycles. The van der Waals surface area contributed by atoms with E-state index in [1.54, 1.807) is 0 Å². The summed E-state index contributed by atoms with van der Waals surface area (Å²) in [6.45, 7) is 4.95. The maximum absolute atomic E-state index is 4.43. The molecular weight excluding hydrogens is 477 g/mol. The number of rotatable bonds is 6. The highest BCUT2D eigenvalue weighted by molar-refractivity contribution is 14.0. The van der Waals surface area contributed by atoms with Crippen LogP contribution in [-0.2, 0) is 7.05 Å². The predicted molar refractivity (Wildman–Crippen MR) is 131 cm³/mol. The Labute approximate surface area is 191 Å². The van der Waals surface area contributed by atoms with Crippen molar-refractivity contribution < 1.29 is 0 Å². The molecule has 1 aliphatic rings. The lowest BCUT2D eigenvalue weighted by molar-refractivity contribution is 0.298. The molecule has 160 valence electrons. The number of aryl methyl sites for hydroxylation is 2. The van der Waals surface area contributed by atoms with Crippen LogP contribution in [0.25, 0.3) is 0 Å². The van der Waals surface area contributed by atoms with Crippen LogP contribution in [0.4, 0.5) is 5.69 Å². The standard InChI is InChI=1S/C21H33N7.HI/c1-16-6-8-19(9-7-16)28-11-10-18(15-28)25-21(22-2)23-13-20(26(3)4)17-12-24-27(5)14-17;/h6-9,12,14,18,20H,10-11,13,15H2,1-5H3,(H2,22,23,25);1H. The molecular formula is C21H34IN7. The van der Waals surface area contributed by atoms with Crippen molar-refractivity contribution in [2.75, 3.05) is 45.7 Å². The first-order valence-electron chi connectivity index (χ1n) is 9.90. The van der Waals surface area contributed by atoms with Gasteiger partial charge in [0.2, 0.25) is 0 Å². The molecule has 2 N–H and O–H groups in total. The topological polar surface area (TPSA) is 60.7 Å². The number of anilines is 1. The second kappa shape index (κ2) is 10.8. The van der Waals surface area contributed by atoms with Gasteiger partial charge < -0.3 is 20.4 Å². The Morgan fingerprint density at radius 1 is 1.31 bits per heavy atom. The molecule has 1 fully saturated rings. The smallest absolute Gasteiger partial charge is 0.191 e. The molecule has 0 bridgehead atoms. The van der Waals surface area contributed by atoms with Crippen molar-refractivity contribution in [2.24, 2.45) is 12.0 Å². The second-order valence-corrected chi connectivity index (χ2v) is 7.79. The summed E-state index contributed by atoms with van der Waals surface area (Å²) in [6, 6.07) is 9.40. The van der Waals surface area contributed by atoms with Crippen molar-refractivity contribution >= 4 is 35.6 Å². The fraction of sp³-hybridized carbons (Fsp3) is 0.524. The quantitative estimate of drug-likeness (QED) is 0.355. The van der Waals surface area contributed by atoms with E-state index in [9.17, 15) is 0 Å². The summed E-state index contributed by atoms with van der Waals surface area (Å²) in [4.78, 5) is 9.06. The van der Waals surface area contributed by atoms with Crippen molar-refractivity contribution in [2.45, 2.75) is 25.4 Å². The highest BCUT2D eigenvalue weighted by Crippen LogP contribution is 2.21. The fourth-order valence-corrected chi connectivity index (χ4v) is 3.66. The van der Waals surface area contributed by atoms with E-state index >= 15 is 0 Å². The average Bonchev–Trinajstić information content (AvgIpc) is 3.30. The normalized spacial score (nSPS) is 17.9. The van der Waals surface area contributed by atoms with E-state index in [1.165, 1.54) is 16.8 Å². The summed E-state index contributed by atoms with van der Waals surface area (Å²) in [7, 11) is 7.96. The number of nitrogens with zero attached hydrogens (tertiary/aromatic N) is 5. The molecule has 0 amide bonds. The number of benzene rings is 1. The number of hydrogen-bond donors (Lipinski definition) is 2. The number of halogens is 1. The molecule has 0 spiro atoms. The largest absolute Gasteiger partial charge is 0.369 e. The molecule has 0 saturated carbocycles. The summed E-state index contributed by atoms with van der Waals surface area (Å²) >= 11 is 0. The van der Waals surface area contributed by atoms with E-state index in [0.717, 1.165) is 32.0 Å². The minimum Gasteiger partial charge on any atom is -0.369 e. The summed E-state index contributed by atoms with van der Waals surface area (Å²) < 4.78 is 1.84. The average molecular weight is 511 g/mol. The van der Waals surface area contributed by atoms with Crippen LogP contribution in [0.1, 0.15) is 23.6 Å². The number of aliphatic imine (C=N–C) groups is 1. The number of hydrogen-bond acceptors (Lipinski definition) is 4. The van der Waals surface area contributed by atoms with E-state index in [1.807, 2.05) is 25.0 Å². The molecule has 2 aromatic rings. The van der Waals surface area contributed by atoms with Crippen LogP contribution < -0.4 is 15.5 Å². The van der Waals surface area contributed by atoms with Crippen molar-refractivity contribution in [1.29, 1.82) is 0 Å². The maximum atomic E-state index is 4.43. The zero-order valence-electron chi connectivity index (χ0n) is 18.1. The van der Waals surface area contributed by atoms with Crippen LogP contribution in [0.3, 0.4) is 0 Å². The van der Waals surface area contributed by atoms with E-state index in [2.05, 4.69) is 82.0 Å². The van der Waals surface area contributed by atoms with E-state index in [4.69, 9.17) is 0 Å². The Balaban J connectivity index is 0.00000300. The Hall–Kier alpha value is -1.81. The predicted octanol–water partition coefficient (Wildman–Crippen LogP) is 2.39. The Kier molecular flexibility index (Phi) is 8.76. The Morgan fingerprint density at radius 3 is 2.62 bits per heavy atom. The minimum absolute atomic E-state index is 0. The first-order valence-corrected chi connectivity index (χ1v) is 9.90. The van der Waals surface area contributed by atoms with Gasteiger partial charge in [-0.2, -0.15) is 5.10 Å². The van der Waals surface area contributed by atoms with Gasteiger partial charge in [-0.25, -0.2) is 0 Å². The summed E-state index contributed by atoms with van der Waals surface area (Å²) in [5, 5.41) is 11.4. The van der Waals surface area contributed by atoms with Gasteiger partial charge in [-0.05, 0) is 39.6 Å². The molecule has 2 heterocycles. The van der Waals surface area contributed by atoms with E-state index in [0.29, 0.717) is 6.04 Å². The Morgan fingerprint density at radius 2 is 2.03 bits per heavy atom. The molecule has 1 aromatic carbocycles. The summed E-state index contributed by atoms with van der Waals surface area (Å²) in [5.41, 5.74) is 3.79. The third-order valence-corrected chi connectivity index (χ3v) is 5.35. The van der Waals surface area contributed by atoms with Crippen molar-refractivity contribution in [3.8, 4) is 0 Å². The molecule has 3 rings (SSSR count). The monoisotopic (exact) mass is 511 g/mol. The van der Waals surface area contributed by atoms with Gasteiger partial charge in [0.25, 0.3) is 0 Å². The lowest BCUT2D eigenvalue weighted by Crippen LogP contribution is -2.46. The lowest BCUT2D eigenvalue weighted by Gasteiger charge is -2.25. The van der Waals surface area contributed by atoms with Crippen molar-refractivity contribution in [3.63, 3.8) is 0 Å². The van der Waals surface area contributed by atoms with E-state index in [-0.39, 0.29) is 30.0 Å². The highest BCUT2D eigenvalue weighted by atomic mass is 127. The first-order chi connectivity index (χ1) is 13.5. The van der Waals surface area contributed by atoms with Gasteiger partial charge in [0, 0.05) is 57.2 Å². The van der Waals surface area contributed by atoms with Gasteiger partial charge in [-0.3, -0.25) is 9.67 Å². The first kappa shape index (κ1) is 23.5. The third-order valence-electron chi connectivity index (χ3n) is 5.35. The van der Waals surface area contributed by atoms with Gasteiger partial charge in [0.05, 0.1) is 12.2 Å². The number of aromatic nitrogens is 2. The van der Waals surface area contributed by atoms with Gasteiger partial charge in [0.1, 0.15) is 0 Å². The molecule has 29 heavy (non-hydrogen) atoms. The van der Waals surface area contributed by atoms with Crippen molar-refractivity contribution in [3.05, 3.63) is 47.8 Å². The molecule has 2 atom stereocenters. The third kappa shape index (κ3) is 6.33. The Bertz CT molecular complexity index is 785. The van der Waals surface area contributed by atoms with E-state index < -0.39 is 0 Å². The highest BCUT2D eigenvalue weighted by Gasteiger charge is 2.24. The molecule has 1 saturated heterocycles. The summed E-state index contributed by atoms with van der Waals surface area (Å²) in [5.74, 6) is 0.853. The molecule has 0 aliphatic carbocycles. The van der Waals surface area contributed by atoms with Gasteiger partial charge >= 0.3 is 0 Å². The summed E-state index contributed by atoms with van der Waals surface area (Å²) in [6.07, 6.45) is 5.10. The van der Waals surface area contributed by atoms with Crippen LogP contribution in [0, 0.1) is 6.92 Å². The number of guanidine groups is 1. The van der Waals surface area contributed by atoms with Crippen LogP contribution in [-0.4, -0.2) is 67.5 Å². The zero-order valence-corrected chi connectivity index (χ0v) is 20.4. The zero-order chi connectivity index (χ0) is 20.1. The second-order valence-electron chi connectivity index (χ2n) is 7.79. The SMILES string of the molecule is CN=C(NCC(c1cnn(C)c1)N(C)C)NC1CCN(c2ccc(C)cc2)C1.I. The van der Waals surface area contributed by atoms with Crippen LogP contribution in [0.5, 0.6) is 0 Å². The molecule has 2 unspecified atom stereocenters. The van der Waals surface area contributed by atoms with Crippen LogP contribution in [0.15, 0.2) is 41.7 Å². The molecule has 7 nitrogen and oxygen atoms in total. The van der Waals surface area contributed by atoms with Gasteiger partial charge in [0.15, 0.2) is 5.96 Å². The minimum atomic E-state index is 0. The maximum Gasteiger partial charge on any atom is 0.191 e. The van der Waals surface area contributed by atoms with Crippen molar-refractivity contribution in [1.82, 2.24) is 25.3 Å². The molecule has 1 aliphatic heterocycles.